The summed E-state index contributed by atoms with van der Waals surface area (Å²) in [4.78, 5) is 11.4. The molecule has 0 atom stereocenters. The van der Waals surface area contributed by atoms with Crippen molar-refractivity contribution >= 4 is 5.97 Å². The lowest BCUT2D eigenvalue weighted by atomic mass is 10.0. The number of phenols is 2. The summed E-state index contributed by atoms with van der Waals surface area (Å²) in [5.74, 6) is -0.907. The van der Waals surface area contributed by atoms with E-state index in [1.165, 1.54) is 23.8 Å². The average Bonchev–Trinajstić information content (AvgIpc) is 2.60. The van der Waals surface area contributed by atoms with Gasteiger partial charge >= 0.3 is 5.97 Å². The van der Waals surface area contributed by atoms with E-state index in [4.69, 9.17) is 5.11 Å². The zero-order valence-electron chi connectivity index (χ0n) is 15.4. The first-order valence-electron chi connectivity index (χ1n) is 8.68. The summed E-state index contributed by atoms with van der Waals surface area (Å²) >= 11 is 0. The van der Waals surface area contributed by atoms with Gasteiger partial charge in [-0.3, -0.25) is 0 Å². The molecule has 0 aliphatic rings. The second kappa shape index (κ2) is 11.2. The molecular weight excluding hydrogens is 332 g/mol. The van der Waals surface area contributed by atoms with Gasteiger partial charge in [-0.1, -0.05) is 29.4 Å². The summed E-state index contributed by atoms with van der Waals surface area (Å²) in [6.45, 7) is 3.97. The molecule has 0 fully saturated rings. The molecule has 0 unspecified atom stereocenters. The first-order chi connectivity index (χ1) is 12.3. The van der Waals surface area contributed by atoms with E-state index in [1.54, 1.807) is 6.08 Å². The highest BCUT2D eigenvalue weighted by atomic mass is 16.4. The molecule has 0 spiro atoms. The van der Waals surface area contributed by atoms with Crippen molar-refractivity contribution in [1.29, 1.82) is 0 Å². The molecule has 5 nitrogen and oxygen atoms in total. The molecule has 0 heterocycles. The van der Waals surface area contributed by atoms with E-state index in [0.717, 1.165) is 18.4 Å². The number of benzene rings is 1. The van der Waals surface area contributed by atoms with Gasteiger partial charge in [-0.05, 0) is 64.2 Å². The normalized spacial score (nSPS) is 13.1. The van der Waals surface area contributed by atoms with E-state index in [2.05, 4.69) is 0 Å². The lowest BCUT2D eigenvalue weighted by Crippen LogP contribution is -2.01. The SMILES string of the molecule is C/C(=C\CC/C(C)=C/CC/C(=C/Cc1cc(O)ccc1O)C(=O)O)CO. The Hall–Kier alpha value is -2.53. The van der Waals surface area contributed by atoms with Gasteiger partial charge in [-0.2, -0.15) is 0 Å². The number of hydrogen-bond donors (Lipinski definition) is 4. The molecule has 1 rings (SSSR count). The van der Waals surface area contributed by atoms with Crippen LogP contribution in [-0.4, -0.2) is 33.0 Å². The summed E-state index contributed by atoms with van der Waals surface area (Å²) in [7, 11) is 0. The van der Waals surface area contributed by atoms with E-state index >= 15 is 0 Å². The second-order valence-corrected chi connectivity index (χ2v) is 6.39. The van der Waals surface area contributed by atoms with Crippen LogP contribution >= 0.6 is 0 Å². The van der Waals surface area contributed by atoms with Crippen molar-refractivity contribution in [3.8, 4) is 11.5 Å². The molecule has 0 aliphatic carbocycles. The Bertz CT molecular complexity index is 698. The van der Waals surface area contributed by atoms with Gasteiger partial charge in [0, 0.05) is 11.1 Å². The van der Waals surface area contributed by atoms with Crippen LogP contribution in [0.2, 0.25) is 0 Å². The molecule has 1 aromatic carbocycles. The molecular formula is C21H28O5. The summed E-state index contributed by atoms with van der Waals surface area (Å²) < 4.78 is 0. The van der Waals surface area contributed by atoms with Gasteiger partial charge in [0.2, 0.25) is 0 Å². The van der Waals surface area contributed by atoms with Gasteiger partial charge in [0.25, 0.3) is 0 Å². The second-order valence-electron chi connectivity index (χ2n) is 6.39. The third kappa shape index (κ3) is 8.03. The van der Waals surface area contributed by atoms with E-state index in [-0.39, 0.29) is 30.1 Å². The minimum absolute atomic E-state index is 0.0331. The van der Waals surface area contributed by atoms with Crippen LogP contribution in [0.5, 0.6) is 11.5 Å². The maximum absolute atomic E-state index is 11.4. The first-order valence-corrected chi connectivity index (χ1v) is 8.68. The van der Waals surface area contributed by atoms with Gasteiger partial charge < -0.3 is 20.4 Å². The number of aromatic hydroxyl groups is 2. The highest BCUT2D eigenvalue weighted by Crippen LogP contribution is 2.23. The van der Waals surface area contributed by atoms with Crippen molar-refractivity contribution in [3.05, 3.63) is 58.7 Å². The summed E-state index contributed by atoms with van der Waals surface area (Å²) in [6.07, 6.45) is 8.61. The Labute approximate surface area is 154 Å². The summed E-state index contributed by atoms with van der Waals surface area (Å²) in [5, 5.41) is 37.5. The molecule has 0 saturated carbocycles. The Kier molecular flexibility index (Phi) is 9.23. The molecule has 1 aromatic rings. The number of aliphatic carboxylic acids is 1. The zero-order valence-corrected chi connectivity index (χ0v) is 15.4. The van der Waals surface area contributed by atoms with E-state index < -0.39 is 5.97 Å². The van der Waals surface area contributed by atoms with Gasteiger partial charge in [0.15, 0.2) is 0 Å². The van der Waals surface area contributed by atoms with Crippen molar-refractivity contribution in [2.24, 2.45) is 0 Å². The number of hydrogen-bond acceptors (Lipinski definition) is 4. The monoisotopic (exact) mass is 360 g/mol. The quantitative estimate of drug-likeness (QED) is 0.286. The van der Waals surface area contributed by atoms with Crippen LogP contribution in [-0.2, 0) is 11.2 Å². The van der Waals surface area contributed by atoms with Crippen molar-refractivity contribution in [1.82, 2.24) is 0 Å². The van der Waals surface area contributed by atoms with Crippen LogP contribution in [0.3, 0.4) is 0 Å². The maximum atomic E-state index is 11.4. The van der Waals surface area contributed by atoms with Crippen molar-refractivity contribution < 1.29 is 25.2 Å². The van der Waals surface area contributed by atoms with E-state index in [9.17, 15) is 20.1 Å². The Morgan fingerprint density at radius 2 is 1.65 bits per heavy atom. The maximum Gasteiger partial charge on any atom is 0.331 e. The Morgan fingerprint density at radius 3 is 2.31 bits per heavy atom. The van der Waals surface area contributed by atoms with Crippen molar-refractivity contribution in [2.75, 3.05) is 6.61 Å². The van der Waals surface area contributed by atoms with Crippen LogP contribution in [0.4, 0.5) is 0 Å². The summed E-state index contributed by atoms with van der Waals surface area (Å²) in [5.41, 5.74) is 2.90. The van der Waals surface area contributed by atoms with Crippen LogP contribution in [0.25, 0.3) is 0 Å². The zero-order chi connectivity index (χ0) is 19.5. The van der Waals surface area contributed by atoms with Gasteiger partial charge in [0.05, 0.1) is 6.61 Å². The Morgan fingerprint density at radius 1 is 1.00 bits per heavy atom. The number of rotatable bonds is 10. The fourth-order valence-corrected chi connectivity index (χ4v) is 2.45. The molecule has 0 saturated heterocycles. The van der Waals surface area contributed by atoms with E-state index in [0.29, 0.717) is 18.4 Å². The highest BCUT2D eigenvalue weighted by Gasteiger charge is 2.08. The summed E-state index contributed by atoms with van der Waals surface area (Å²) in [6, 6.07) is 4.20. The lowest BCUT2D eigenvalue weighted by molar-refractivity contribution is -0.132. The number of carboxylic acid groups (broad SMARTS) is 1. The molecule has 26 heavy (non-hydrogen) atoms. The number of phenolic OH excluding ortho intramolecular Hbond substituents is 2. The minimum Gasteiger partial charge on any atom is -0.508 e. The Balaban J connectivity index is 2.61. The predicted molar refractivity (Wildman–Crippen MR) is 102 cm³/mol. The standard InChI is InChI=1S/C21H28O5/c1-15(5-3-7-16(2)14-22)6-4-8-17(21(25)26)9-10-18-13-19(23)11-12-20(18)24/h6-7,9,11-13,22-24H,3-5,8,10,14H2,1-2H3,(H,25,26)/b15-6+,16-7+,17-9-. The highest BCUT2D eigenvalue weighted by molar-refractivity contribution is 5.86. The fraction of sp³-hybridized carbons (Fsp3) is 0.381. The van der Waals surface area contributed by atoms with Crippen molar-refractivity contribution in [2.45, 2.75) is 46.0 Å². The smallest absolute Gasteiger partial charge is 0.331 e. The third-order valence-corrected chi connectivity index (χ3v) is 4.09. The van der Waals surface area contributed by atoms with Gasteiger partial charge in [-0.25, -0.2) is 4.79 Å². The average molecular weight is 360 g/mol. The molecule has 0 amide bonds. The first kappa shape index (κ1) is 21.5. The molecule has 4 N–H and O–H groups in total. The molecule has 0 radical (unpaired) electrons. The molecule has 0 bridgehead atoms. The largest absolute Gasteiger partial charge is 0.508 e. The third-order valence-electron chi connectivity index (χ3n) is 4.09. The van der Waals surface area contributed by atoms with Crippen LogP contribution in [0.1, 0.15) is 45.1 Å². The number of carbonyl (C=O) groups is 1. The van der Waals surface area contributed by atoms with Gasteiger partial charge in [0.1, 0.15) is 11.5 Å². The van der Waals surface area contributed by atoms with Crippen LogP contribution < -0.4 is 0 Å². The topological polar surface area (TPSA) is 98.0 Å². The predicted octanol–water partition coefficient (Wildman–Crippen LogP) is 4.10. The molecule has 5 heteroatoms. The molecule has 0 aromatic heterocycles. The molecule has 0 aliphatic heterocycles. The van der Waals surface area contributed by atoms with Crippen LogP contribution in [0, 0.1) is 0 Å². The van der Waals surface area contributed by atoms with Gasteiger partial charge in [-0.15, -0.1) is 0 Å². The minimum atomic E-state index is -0.975. The fourth-order valence-electron chi connectivity index (χ4n) is 2.45. The number of allylic oxidation sites excluding steroid dienone is 4. The van der Waals surface area contributed by atoms with E-state index in [1.807, 2.05) is 26.0 Å². The van der Waals surface area contributed by atoms with Crippen LogP contribution in [0.15, 0.2) is 53.1 Å². The number of aliphatic hydroxyl groups is 1. The number of carboxylic acids is 1. The lowest BCUT2D eigenvalue weighted by Gasteiger charge is -2.05. The molecule has 142 valence electrons. The van der Waals surface area contributed by atoms with Crippen molar-refractivity contribution in [3.63, 3.8) is 0 Å². The number of aliphatic hydroxyl groups excluding tert-OH is 1.